The summed E-state index contributed by atoms with van der Waals surface area (Å²) in [5.74, 6) is 7.37. The van der Waals surface area contributed by atoms with E-state index in [-0.39, 0.29) is 11.6 Å². The number of hydrogen-bond donors (Lipinski definition) is 2. The van der Waals surface area contributed by atoms with Gasteiger partial charge in [-0.3, -0.25) is 4.84 Å². The van der Waals surface area contributed by atoms with Crippen LogP contribution in [-0.4, -0.2) is 11.6 Å². The van der Waals surface area contributed by atoms with Crippen LogP contribution >= 0.6 is 0 Å². The Bertz CT molecular complexity index is 252. The predicted molar refractivity (Wildman–Crippen MR) is 50.5 cm³/mol. The van der Waals surface area contributed by atoms with Gasteiger partial charge in [-0.2, -0.15) is 5.11 Å². The van der Waals surface area contributed by atoms with E-state index in [1.54, 1.807) is 0 Å². The van der Waals surface area contributed by atoms with E-state index < -0.39 is 0 Å². The summed E-state index contributed by atoms with van der Waals surface area (Å²) in [4.78, 5) is 5.24. The van der Waals surface area contributed by atoms with Crippen molar-refractivity contribution in [3.05, 3.63) is 0 Å². The first-order valence-corrected chi connectivity index (χ1v) is 5.51. The minimum absolute atomic E-state index is 0.0440. The third kappa shape index (κ3) is 1.01. The SMILES string of the molecule is N=NC1C2CC3C[C@H]1CC(ON)(C3)C2. The Morgan fingerprint density at radius 1 is 1.21 bits per heavy atom. The molecule has 0 aliphatic heterocycles. The van der Waals surface area contributed by atoms with Crippen molar-refractivity contribution in [3.63, 3.8) is 0 Å². The van der Waals surface area contributed by atoms with Crippen LogP contribution in [0.4, 0.5) is 0 Å². The Hall–Kier alpha value is -0.480. The van der Waals surface area contributed by atoms with Crippen molar-refractivity contribution in [2.45, 2.75) is 43.7 Å². The Kier molecular flexibility index (Phi) is 1.74. The summed E-state index contributed by atoms with van der Waals surface area (Å²) in [5, 5.41) is 3.81. The van der Waals surface area contributed by atoms with Crippen molar-refractivity contribution < 1.29 is 4.84 Å². The van der Waals surface area contributed by atoms with Crippen LogP contribution in [0.15, 0.2) is 5.11 Å². The zero-order valence-corrected chi connectivity index (χ0v) is 8.28. The Morgan fingerprint density at radius 2 is 1.86 bits per heavy atom. The maximum Gasteiger partial charge on any atom is 0.0903 e. The first kappa shape index (κ1) is 8.80. The molecular formula is C10H17N3O. The number of nitrogens with two attached hydrogens (primary N) is 1. The highest BCUT2D eigenvalue weighted by molar-refractivity contribution is 5.08. The molecule has 0 radical (unpaired) electrons. The highest BCUT2D eigenvalue weighted by atomic mass is 16.6. The van der Waals surface area contributed by atoms with Crippen molar-refractivity contribution in [1.82, 2.24) is 0 Å². The average molecular weight is 195 g/mol. The molecule has 4 aliphatic rings. The molecule has 3 N–H and O–H groups in total. The lowest BCUT2D eigenvalue weighted by molar-refractivity contribution is -0.171. The molecule has 4 bridgehead atoms. The molecule has 4 unspecified atom stereocenters. The van der Waals surface area contributed by atoms with Crippen LogP contribution in [0.1, 0.15) is 32.1 Å². The van der Waals surface area contributed by atoms with Gasteiger partial charge in [0.15, 0.2) is 0 Å². The first-order valence-electron chi connectivity index (χ1n) is 5.51. The van der Waals surface area contributed by atoms with Crippen LogP contribution < -0.4 is 5.90 Å². The average Bonchev–Trinajstić information content (AvgIpc) is 2.17. The predicted octanol–water partition coefficient (Wildman–Crippen LogP) is 1.85. The maximum atomic E-state index is 7.25. The van der Waals surface area contributed by atoms with E-state index in [9.17, 15) is 0 Å². The fraction of sp³-hybridized carbons (Fsp3) is 1.00. The second-order valence-corrected chi connectivity index (χ2v) is 5.39. The topological polar surface area (TPSA) is 71.5 Å². The van der Waals surface area contributed by atoms with Gasteiger partial charge in [0.1, 0.15) is 0 Å². The summed E-state index contributed by atoms with van der Waals surface area (Å²) in [7, 11) is 0. The molecule has 0 heterocycles. The summed E-state index contributed by atoms with van der Waals surface area (Å²) in [5.41, 5.74) is 7.21. The lowest BCUT2D eigenvalue weighted by Crippen LogP contribution is -2.58. The third-order valence-electron chi connectivity index (χ3n) is 4.57. The first-order chi connectivity index (χ1) is 6.76. The van der Waals surface area contributed by atoms with Gasteiger partial charge in [-0.05, 0) is 49.9 Å². The molecule has 4 nitrogen and oxygen atoms in total. The summed E-state index contributed by atoms with van der Waals surface area (Å²) >= 11 is 0. The van der Waals surface area contributed by atoms with Crippen LogP contribution in [0.3, 0.4) is 0 Å². The van der Waals surface area contributed by atoms with E-state index in [1.807, 2.05) is 0 Å². The highest BCUT2D eigenvalue weighted by Crippen LogP contribution is 2.57. The molecule has 4 aliphatic carbocycles. The fourth-order valence-corrected chi connectivity index (χ4v) is 4.28. The summed E-state index contributed by atoms with van der Waals surface area (Å²) in [6.07, 6.45) is 5.69. The van der Waals surface area contributed by atoms with Crippen LogP contribution in [0.2, 0.25) is 0 Å². The molecule has 0 spiro atoms. The second-order valence-electron chi connectivity index (χ2n) is 5.39. The summed E-state index contributed by atoms with van der Waals surface area (Å²) in [6.45, 7) is 0. The summed E-state index contributed by atoms with van der Waals surface area (Å²) in [6, 6.07) is 0.273. The largest absolute Gasteiger partial charge is 0.298 e. The Labute approximate surface area is 83.7 Å². The molecule has 4 fully saturated rings. The Balaban J connectivity index is 1.91. The molecule has 4 rings (SSSR count). The molecule has 0 aromatic carbocycles. The van der Waals surface area contributed by atoms with E-state index >= 15 is 0 Å². The zero-order valence-electron chi connectivity index (χ0n) is 8.28. The number of nitrogens with zero attached hydrogens (tertiary/aromatic N) is 1. The monoisotopic (exact) mass is 195 g/mol. The van der Waals surface area contributed by atoms with Gasteiger partial charge >= 0.3 is 0 Å². The van der Waals surface area contributed by atoms with Gasteiger partial charge < -0.3 is 0 Å². The summed E-state index contributed by atoms with van der Waals surface area (Å²) < 4.78 is 0. The van der Waals surface area contributed by atoms with E-state index in [0.29, 0.717) is 11.8 Å². The van der Waals surface area contributed by atoms with Crippen LogP contribution in [0, 0.1) is 23.3 Å². The molecule has 0 amide bonds. The number of hydrogen-bond acceptors (Lipinski definition) is 4. The van der Waals surface area contributed by atoms with E-state index in [4.69, 9.17) is 16.3 Å². The van der Waals surface area contributed by atoms with Gasteiger partial charge in [-0.25, -0.2) is 11.4 Å². The molecular weight excluding hydrogens is 178 g/mol. The van der Waals surface area contributed by atoms with Crippen molar-refractivity contribution in [1.29, 1.82) is 5.53 Å². The number of rotatable bonds is 2. The molecule has 0 aromatic rings. The van der Waals surface area contributed by atoms with Crippen molar-refractivity contribution in [2.24, 2.45) is 28.8 Å². The molecule has 0 aromatic heterocycles. The van der Waals surface area contributed by atoms with E-state index in [0.717, 1.165) is 25.2 Å². The number of nitrogens with one attached hydrogen (secondary N) is 1. The minimum atomic E-state index is -0.0440. The van der Waals surface area contributed by atoms with Gasteiger partial charge in [0.2, 0.25) is 0 Å². The third-order valence-corrected chi connectivity index (χ3v) is 4.57. The van der Waals surface area contributed by atoms with Crippen molar-refractivity contribution in [2.75, 3.05) is 0 Å². The van der Waals surface area contributed by atoms with Crippen molar-refractivity contribution in [3.8, 4) is 0 Å². The van der Waals surface area contributed by atoms with Gasteiger partial charge in [0, 0.05) is 0 Å². The molecule has 0 saturated heterocycles. The van der Waals surface area contributed by atoms with Gasteiger partial charge in [0.05, 0.1) is 11.6 Å². The lowest BCUT2D eigenvalue weighted by Gasteiger charge is -2.57. The molecule has 4 saturated carbocycles. The van der Waals surface area contributed by atoms with Crippen molar-refractivity contribution >= 4 is 0 Å². The quantitative estimate of drug-likeness (QED) is 0.521. The van der Waals surface area contributed by atoms with Crippen LogP contribution in [-0.2, 0) is 4.84 Å². The normalized spacial score (nSPS) is 54.9. The lowest BCUT2D eigenvalue weighted by atomic mass is 9.52. The van der Waals surface area contributed by atoms with Gasteiger partial charge in [0.25, 0.3) is 0 Å². The zero-order chi connectivity index (χ0) is 9.76. The second kappa shape index (κ2) is 2.76. The molecule has 5 atom stereocenters. The van der Waals surface area contributed by atoms with E-state index in [1.165, 1.54) is 12.8 Å². The van der Waals surface area contributed by atoms with Gasteiger partial charge in [-0.15, -0.1) is 0 Å². The minimum Gasteiger partial charge on any atom is -0.298 e. The van der Waals surface area contributed by atoms with E-state index in [2.05, 4.69) is 5.11 Å². The molecule has 4 heteroatoms. The molecule has 14 heavy (non-hydrogen) atoms. The van der Waals surface area contributed by atoms with Crippen LogP contribution in [0.25, 0.3) is 0 Å². The van der Waals surface area contributed by atoms with Crippen LogP contribution in [0.5, 0.6) is 0 Å². The highest BCUT2D eigenvalue weighted by Gasteiger charge is 2.56. The standard InChI is InChI=1S/C10H17N3O/c11-13-9-7-1-6-2-8(9)5-10(3-6,4-7)14-12/h6-9,11H,1-5,12H2/t6?,7-,8?,9?,10?/m0/s1. The Morgan fingerprint density at radius 3 is 2.36 bits per heavy atom. The maximum absolute atomic E-state index is 7.25. The fourth-order valence-electron chi connectivity index (χ4n) is 4.28. The smallest absolute Gasteiger partial charge is 0.0903 e. The van der Waals surface area contributed by atoms with Gasteiger partial charge in [-0.1, -0.05) is 0 Å². The molecule has 78 valence electrons.